The van der Waals surface area contributed by atoms with Crippen molar-refractivity contribution in [3.63, 3.8) is 0 Å². The van der Waals surface area contributed by atoms with E-state index in [1.54, 1.807) is 32.3 Å². The molecule has 2 amide bonds. The molecule has 0 saturated carbocycles. The van der Waals surface area contributed by atoms with Crippen LogP contribution in [0.1, 0.15) is 5.56 Å². The Balaban J connectivity index is 2.02. The first-order valence-corrected chi connectivity index (χ1v) is 8.44. The predicted octanol–water partition coefficient (Wildman–Crippen LogP) is 3.03. The van der Waals surface area contributed by atoms with E-state index in [0.717, 1.165) is 11.3 Å². The van der Waals surface area contributed by atoms with E-state index in [1.807, 2.05) is 24.3 Å². The molecule has 0 spiro atoms. The highest BCUT2D eigenvalue weighted by Crippen LogP contribution is 2.27. The second kappa shape index (κ2) is 9.10. The lowest BCUT2D eigenvalue weighted by Gasteiger charge is -2.15. The van der Waals surface area contributed by atoms with Gasteiger partial charge in [0.1, 0.15) is 5.75 Å². The number of benzene rings is 2. The maximum absolute atomic E-state index is 12.3. The quantitative estimate of drug-likeness (QED) is 0.780. The van der Waals surface area contributed by atoms with Gasteiger partial charge < -0.3 is 20.3 Å². The molecule has 0 saturated heterocycles. The third-order valence-corrected chi connectivity index (χ3v) is 3.97. The summed E-state index contributed by atoms with van der Waals surface area (Å²) in [7, 11) is 4.95. The number of ether oxygens (including phenoxy) is 1. The van der Waals surface area contributed by atoms with Gasteiger partial charge in [-0.05, 0) is 29.8 Å². The molecular weight excluding hydrogens is 354 g/mol. The van der Waals surface area contributed by atoms with E-state index in [0.29, 0.717) is 16.5 Å². The fourth-order valence-corrected chi connectivity index (χ4v) is 2.49. The summed E-state index contributed by atoms with van der Waals surface area (Å²) in [5.74, 6) is 0.270. The smallest absolute Gasteiger partial charge is 0.243 e. The van der Waals surface area contributed by atoms with Crippen molar-refractivity contribution >= 4 is 34.8 Å². The van der Waals surface area contributed by atoms with Crippen molar-refractivity contribution in [2.45, 2.75) is 6.42 Å². The topological polar surface area (TPSA) is 70.7 Å². The number of amides is 2. The summed E-state index contributed by atoms with van der Waals surface area (Å²) in [4.78, 5) is 25.7. The molecule has 0 heterocycles. The Labute approximate surface area is 158 Å². The molecule has 0 aliphatic carbocycles. The predicted molar refractivity (Wildman–Crippen MR) is 104 cm³/mol. The highest BCUT2D eigenvalue weighted by Gasteiger charge is 2.12. The number of hydrogen-bond donors (Lipinski definition) is 2. The molecule has 0 aliphatic heterocycles. The molecule has 138 valence electrons. The van der Waals surface area contributed by atoms with Gasteiger partial charge in [0.25, 0.3) is 0 Å². The van der Waals surface area contributed by atoms with Crippen LogP contribution in [0.5, 0.6) is 5.75 Å². The number of likely N-dealkylation sites (N-methyl/N-ethyl adjacent to an activating group) is 1. The highest BCUT2D eigenvalue weighted by molar-refractivity contribution is 6.31. The highest BCUT2D eigenvalue weighted by atomic mass is 35.5. The SMILES string of the molecule is COc1ccc(Cl)cc1NC(=O)CNc1ccccc1CC(=O)N(C)C. The number of rotatable bonds is 7. The molecule has 0 unspecified atom stereocenters. The van der Waals surface area contributed by atoms with E-state index in [4.69, 9.17) is 16.3 Å². The largest absolute Gasteiger partial charge is 0.495 e. The van der Waals surface area contributed by atoms with Crippen LogP contribution in [0.4, 0.5) is 11.4 Å². The first kappa shape index (κ1) is 19.6. The summed E-state index contributed by atoms with van der Waals surface area (Å²) in [5, 5.41) is 6.34. The Hall–Kier alpha value is -2.73. The third-order valence-electron chi connectivity index (χ3n) is 3.73. The number of carbonyl (C=O) groups excluding carboxylic acids is 2. The van der Waals surface area contributed by atoms with E-state index in [2.05, 4.69) is 10.6 Å². The number of hydrogen-bond acceptors (Lipinski definition) is 4. The van der Waals surface area contributed by atoms with E-state index in [9.17, 15) is 9.59 Å². The number of anilines is 2. The Morgan fingerprint density at radius 2 is 1.85 bits per heavy atom. The van der Waals surface area contributed by atoms with E-state index in [-0.39, 0.29) is 24.8 Å². The molecule has 0 radical (unpaired) electrons. The van der Waals surface area contributed by atoms with Gasteiger partial charge in [-0.15, -0.1) is 0 Å². The van der Waals surface area contributed by atoms with Crippen molar-refractivity contribution in [1.82, 2.24) is 4.90 Å². The van der Waals surface area contributed by atoms with E-state index < -0.39 is 0 Å². The Kier molecular flexibility index (Phi) is 6.86. The van der Waals surface area contributed by atoms with Crippen LogP contribution < -0.4 is 15.4 Å². The van der Waals surface area contributed by atoms with Crippen LogP contribution in [0.3, 0.4) is 0 Å². The number of para-hydroxylation sites is 1. The zero-order valence-electron chi connectivity index (χ0n) is 15.0. The van der Waals surface area contributed by atoms with Crippen molar-refractivity contribution < 1.29 is 14.3 Å². The van der Waals surface area contributed by atoms with Gasteiger partial charge in [-0.1, -0.05) is 29.8 Å². The lowest BCUT2D eigenvalue weighted by Crippen LogP contribution is -2.25. The van der Waals surface area contributed by atoms with E-state index >= 15 is 0 Å². The van der Waals surface area contributed by atoms with Crippen LogP contribution in [-0.2, 0) is 16.0 Å². The number of halogens is 1. The molecule has 7 heteroatoms. The van der Waals surface area contributed by atoms with Gasteiger partial charge in [0.2, 0.25) is 11.8 Å². The molecule has 2 rings (SSSR count). The summed E-state index contributed by atoms with van der Waals surface area (Å²) >= 11 is 5.97. The molecule has 2 N–H and O–H groups in total. The van der Waals surface area contributed by atoms with Crippen LogP contribution >= 0.6 is 11.6 Å². The monoisotopic (exact) mass is 375 g/mol. The molecule has 0 aromatic heterocycles. The third kappa shape index (κ3) is 5.39. The van der Waals surface area contributed by atoms with Gasteiger partial charge in [-0.3, -0.25) is 9.59 Å². The molecule has 6 nitrogen and oxygen atoms in total. The Bertz CT molecular complexity index is 793. The zero-order valence-corrected chi connectivity index (χ0v) is 15.8. The van der Waals surface area contributed by atoms with Gasteiger partial charge in [0.05, 0.1) is 25.8 Å². The molecule has 2 aromatic carbocycles. The minimum absolute atomic E-state index is 0.00707. The van der Waals surface area contributed by atoms with Gasteiger partial charge in [0, 0.05) is 24.8 Å². The number of nitrogens with one attached hydrogen (secondary N) is 2. The fraction of sp³-hybridized carbons (Fsp3) is 0.263. The maximum Gasteiger partial charge on any atom is 0.243 e. The van der Waals surface area contributed by atoms with E-state index in [1.165, 1.54) is 12.0 Å². The van der Waals surface area contributed by atoms with Crippen LogP contribution in [0.25, 0.3) is 0 Å². The first-order valence-electron chi connectivity index (χ1n) is 8.06. The second-order valence-corrected chi connectivity index (χ2v) is 6.30. The maximum atomic E-state index is 12.3. The minimum atomic E-state index is -0.251. The lowest BCUT2D eigenvalue weighted by molar-refractivity contribution is -0.127. The number of nitrogens with zero attached hydrogens (tertiary/aromatic N) is 1. The Morgan fingerprint density at radius 1 is 1.12 bits per heavy atom. The summed E-state index contributed by atoms with van der Waals surface area (Å²) in [6.07, 6.45) is 0.264. The molecular formula is C19H22ClN3O3. The lowest BCUT2D eigenvalue weighted by atomic mass is 10.1. The van der Waals surface area contributed by atoms with Crippen LogP contribution in [0.2, 0.25) is 5.02 Å². The average Bonchev–Trinajstić information content (AvgIpc) is 2.61. The van der Waals surface area contributed by atoms with Crippen molar-refractivity contribution in [3.05, 3.63) is 53.1 Å². The zero-order chi connectivity index (χ0) is 19.1. The molecule has 0 atom stereocenters. The van der Waals surface area contributed by atoms with Crippen molar-refractivity contribution in [3.8, 4) is 5.75 Å². The van der Waals surface area contributed by atoms with Crippen LogP contribution in [-0.4, -0.2) is 44.5 Å². The summed E-state index contributed by atoms with van der Waals surface area (Å²) in [6.45, 7) is 0.0445. The van der Waals surface area contributed by atoms with Crippen molar-refractivity contribution in [1.29, 1.82) is 0 Å². The summed E-state index contributed by atoms with van der Waals surface area (Å²) in [5.41, 5.74) is 2.08. The number of methoxy groups -OCH3 is 1. The Morgan fingerprint density at radius 3 is 2.54 bits per heavy atom. The molecule has 2 aromatic rings. The molecule has 0 fully saturated rings. The summed E-state index contributed by atoms with van der Waals surface area (Å²) in [6, 6.07) is 12.4. The first-order chi connectivity index (χ1) is 12.4. The molecule has 0 aliphatic rings. The normalized spacial score (nSPS) is 10.2. The second-order valence-electron chi connectivity index (χ2n) is 5.87. The molecule has 0 bridgehead atoms. The van der Waals surface area contributed by atoms with Crippen molar-refractivity contribution in [2.24, 2.45) is 0 Å². The number of carbonyl (C=O) groups is 2. The molecule has 26 heavy (non-hydrogen) atoms. The van der Waals surface area contributed by atoms with Crippen molar-refractivity contribution in [2.75, 3.05) is 38.4 Å². The average molecular weight is 376 g/mol. The van der Waals surface area contributed by atoms with Crippen LogP contribution in [0, 0.1) is 0 Å². The van der Waals surface area contributed by atoms with Gasteiger partial charge in [-0.2, -0.15) is 0 Å². The van der Waals surface area contributed by atoms with Gasteiger partial charge in [-0.25, -0.2) is 0 Å². The minimum Gasteiger partial charge on any atom is -0.495 e. The van der Waals surface area contributed by atoms with Gasteiger partial charge in [0.15, 0.2) is 0 Å². The fourth-order valence-electron chi connectivity index (χ4n) is 2.32. The van der Waals surface area contributed by atoms with Gasteiger partial charge >= 0.3 is 0 Å². The standard InChI is InChI=1S/C19H22ClN3O3/c1-23(2)19(25)10-13-6-4-5-7-15(13)21-12-18(24)22-16-11-14(20)8-9-17(16)26-3/h4-9,11,21H,10,12H2,1-3H3,(H,22,24). The summed E-state index contributed by atoms with van der Waals surface area (Å²) < 4.78 is 5.21. The van der Waals surface area contributed by atoms with Crippen LogP contribution in [0.15, 0.2) is 42.5 Å².